The molecule has 7 heteroatoms. The Morgan fingerprint density at radius 1 is 1.33 bits per heavy atom. The van der Waals surface area contributed by atoms with E-state index >= 15 is 0 Å². The van der Waals surface area contributed by atoms with E-state index in [1.807, 2.05) is 0 Å². The quantitative estimate of drug-likeness (QED) is 0.847. The lowest BCUT2D eigenvalue weighted by molar-refractivity contribution is -0.137. The molecule has 0 spiro atoms. The maximum absolute atomic E-state index is 12.5. The van der Waals surface area contributed by atoms with Crippen LogP contribution in [0, 0.1) is 11.3 Å². The van der Waals surface area contributed by atoms with E-state index in [1.165, 1.54) is 18.3 Å². The van der Waals surface area contributed by atoms with Gasteiger partial charge >= 0.3 is 6.18 Å². The average Bonchev–Trinajstić information content (AvgIpc) is 2.69. The smallest absolute Gasteiger partial charge is 0.382 e. The maximum atomic E-state index is 12.5. The predicted molar refractivity (Wildman–Crippen MR) is 57.7 cm³/mol. The van der Waals surface area contributed by atoms with Gasteiger partial charge in [-0.3, -0.25) is 0 Å². The van der Waals surface area contributed by atoms with Crippen LogP contribution in [0.5, 0.6) is 0 Å². The number of aromatic nitrogens is 2. The summed E-state index contributed by atoms with van der Waals surface area (Å²) < 4.78 is 38.7. The Kier molecular flexibility index (Phi) is 2.71. The third-order valence-corrected chi connectivity index (χ3v) is 2.34. The zero-order valence-corrected chi connectivity index (χ0v) is 8.94. The fourth-order valence-corrected chi connectivity index (χ4v) is 1.46. The van der Waals surface area contributed by atoms with Gasteiger partial charge < -0.3 is 5.73 Å². The van der Waals surface area contributed by atoms with E-state index in [1.54, 1.807) is 6.07 Å². The Balaban J connectivity index is 2.52. The van der Waals surface area contributed by atoms with Gasteiger partial charge in [0.1, 0.15) is 17.5 Å². The summed E-state index contributed by atoms with van der Waals surface area (Å²) in [7, 11) is 0. The molecule has 2 aromatic rings. The van der Waals surface area contributed by atoms with E-state index in [-0.39, 0.29) is 17.1 Å². The zero-order chi connectivity index (χ0) is 13.3. The van der Waals surface area contributed by atoms with Crippen molar-refractivity contribution in [2.24, 2.45) is 0 Å². The number of alkyl halides is 3. The number of halogens is 3. The van der Waals surface area contributed by atoms with Crippen LogP contribution in [0.4, 0.5) is 19.0 Å². The molecular formula is C11H7F3N4. The average molecular weight is 252 g/mol. The number of benzene rings is 1. The van der Waals surface area contributed by atoms with Crippen molar-refractivity contribution in [2.45, 2.75) is 6.18 Å². The molecule has 0 atom stereocenters. The van der Waals surface area contributed by atoms with Gasteiger partial charge in [-0.15, -0.1) is 0 Å². The molecule has 0 unspecified atom stereocenters. The van der Waals surface area contributed by atoms with E-state index in [4.69, 9.17) is 11.0 Å². The summed E-state index contributed by atoms with van der Waals surface area (Å²) in [6.07, 6.45) is -3.23. The number of hydrogen-bond donors (Lipinski definition) is 1. The second-order valence-corrected chi connectivity index (χ2v) is 3.52. The van der Waals surface area contributed by atoms with Gasteiger partial charge in [0.25, 0.3) is 0 Å². The monoisotopic (exact) mass is 252 g/mol. The van der Waals surface area contributed by atoms with Crippen LogP contribution >= 0.6 is 0 Å². The van der Waals surface area contributed by atoms with Crippen LogP contribution in [0.25, 0.3) is 5.69 Å². The first kappa shape index (κ1) is 12.0. The molecular weight excluding hydrogens is 245 g/mol. The molecule has 0 aliphatic heterocycles. The van der Waals surface area contributed by atoms with E-state index in [0.29, 0.717) is 0 Å². The fraction of sp³-hybridized carbons (Fsp3) is 0.0909. The lowest BCUT2D eigenvalue weighted by Crippen LogP contribution is -2.08. The van der Waals surface area contributed by atoms with Crippen molar-refractivity contribution in [3.8, 4) is 11.8 Å². The molecule has 1 aromatic carbocycles. The number of anilines is 1. The Morgan fingerprint density at radius 3 is 2.61 bits per heavy atom. The lowest BCUT2D eigenvalue weighted by atomic mass is 10.2. The first-order valence-corrected chi connectivity index (χ1v) is 4.84. The van der Waals surface area contributed by atoms with Gasteiger partial charge in [0, 0.05) is 0 Å². The second-order valence-electron chi connectivity index (χ2n) is 3.52. The first-order chi connectivity index (χ1) is 8.43. The molecule has 0 saturated heterocycles. The van der Waals surface area contributed by atoms with Crippen molar-refractivity contribution in [3.63, 3.8) is 0 Å². The van der Waals surface area contributed by atoms with Crippen molar-refractivity contribution in [1.29, 1.82) is 5.26 Å². The van der Waals surface area contributed by atoms with Crippen LogP contribution in [0.1, 0.15) is 11.1 Å². The Bertz CT molecular complexity index is 622. The van der Waals surface area contributed by atoms with Crippen LogP contribution in [0.3, 0.4) is 0 Å². The van der Waals surface area contributed by atoms with Crippen LogP contribution < -0.4 is 5.73 Å². The number of nitriles is 1. The normalized spacial score (nSPS) is 11.2. The third-order valence-electron chi connectivity index (χ3n) is 2.34. The van der Waals surface area contributed by atoms with Gasteiger partial charge in [0.05, 0.1) is 17.4 Å². The van der Waals surface area contributed by atoms with Gasteiger partial charge in [0.2, 0.25) is 0 Å². The van der Waals surface area contributed by atoms with Gasteiger partial charge in [0.15, 0.2) is 0 Å². The lowest BCUT2D eigenvalue weighted by Gasteiger charge is -2.09. The summed E-state index contributed by atoms with van der Waals surface area (Å²) in [5, 5.41) is 12.5. The van der Waals surface area contributed by atoms with Crippen LogP contribution in [0.15, 0.2) is 30.5 Å². The van der Waals surface area contributed by atoms with Crippen molar-refractivity contribution in [3.05, 3.63) is 41.6 Å². The molecule has 18 heavy (non-hydrogen) atoms. The molecule has 0 amide bonds. The number of nitrogens with two attached hydrogens (primary N) is 1. The van der Waals surface area contributed by atoms with E-state index < -0.39 is 11.7 Å². The molecule has 92 valence electrons. The highest BCUT2D eigenvalue weighted by Gasteiger charge is 2.30. The fourth-order valence-electron chi connectivity index (χ4n) is 1.46. The molecule has 1 heterocycles. The summed E-state index contributed by atoms with van der Waals surface area (Å²) >= 11 is 0. The molecule has 0 aliphatic rings. The zero-order valence-electron chi connectivity index (χ0n) is 8.94. The highest BCUT2D eigenvalue weighted by atomic mass is 19.4. The number of hydrogen-bond acceptors (Lipinski definition) is 3. The molecule has 0 radical (unpaired) electrons. The Hall–Kier alpha value is -2.49. The molecule has 0 bridgehead atoms. The molecule has 2 rings (SSSR count). The summed E-state index contributed by atoms with van der Waals surface area (Å²) in [6.45, 7) is 0. The summed E-state index contributed by atoms with van der Waals surface area (Å²) in [5.74, 6) is 0.0109. The minimum Gasteiger partial charge on any atom is -0.382 e. The van der Waals surface area contributed by atoms with Crippen LogP contribution in [0.2, 0.25) is 0 Å². The van der Waals surface area contributed by atoms with Crippen LogP contribution in [-0.2, 0) is 6.18 Å². The summed E-state index contributed by atoms with van der Waals surface area (Å²) in [6, 6.07) is 6.36. The minimum atomic E-state index is -4.43. The second kappa shape index (κ2) is 4.07. The largest absolute Gasteiger partial charge is 0.416 e. The topological polar surface area (TPSA) is 67.6 Å². The van der Waals surface area contributed by atoms with E-state index in [2.05, 4.69) is 5.10 Å². The maximum Gasteiger partial charge on any atom is 0.416 e. The van der Waals surface area contributed by atoms with Crippen molar-refractivity contribution in [1.82, 2.24) is 9.78 Å². The van der Waals surface area contributed by atoms with Gasteiger partial charge in [-0.1, -0.05) is 6.07 Å². The third kappa shape index (κ3) is 2.00. The van der Waals surface area contributed by atoms with Gasteiger partial charge in [-0.2, -0.15) is 23.5 Å². The highest BCUT2D eigenvalue weighted by Crippen LogP contribution is 2.30. The summed E-state index contributed by atoms with van der Waals surface area (Å²) in [4.78, 5) is 0. The highest BCUT2D eigenvalue weighted by molar-refractivity contribution is 5.53. The number of nitrogens with zero attached hydrogens (tertiary/aromatic N) is 3. The Labute approximate surface area is 100 Å². The first-order valence-electron chi connectivity index (χ1n) is 4.84. The van der Waals surface area contributed by atoms with Crippen molar-refractivity contribution in [2.75, 3.05) is 5.73 Å². The predicted octanol–water partition coefficient (Wildman–Crippen LogP) is 2.34. The van der Waals surface area contributed by atoms with Gasteiger partial charge in [-0.05, 0) is 18.2 Å². The minimum absolute atomic E-state index is 0.0109. The SMILES string of the molecule is N#Cc1cnn(-c2cccc(C(F)(F)F)c2)c1N. The molecule has 1 aromatic heterocycles. The van der Waals surface area contributed by atoms with Crippen molar-refractivity contribution < 1.29 is 13.2 Å². The Morgan fingerprint density at radius 2 is 2.06 bits per heavy atom. The molecule has 4 nitrogen and oxygen atoms in total. The van der Waals surface area contributed by atoms with Gasteiger partial charge in [-0.25, -0.2) is 4.68 Å². The number of nitrogen functional groups attached to an aromatic ring is 1. The molecule has 2 N–H and O–H groups in total. The molecule has 0 saturated carbocycles. The number of rotatable bonds is 1. The summed E-state index contributed by atoms with van der Waals surface area (Å²) in [5.41, 5.74) is 5.08. The van der Waals surface area contributed by atoms with E-state index in [9.17, 15) is 13.2 Å². The molecule has 0 fully saturated rings. The molecule has 0 aliphatic carbocycles. The van der Waals surface area contributed by atoms with E-state index in [0.717, 1.165) is 16.8 Å². The standard InChI is InChI=1S/C11H7F3N4/c12-11(13,14)8-2-1-3-9(4-8)18-10(16)7(5-15)6-17-18/h1-4,6H,16H2. The van der Waals surface area contributed by atoms with Crippen molar-refractivity contribution >= 4 is 5.82 Å². The van der Waals surface area contributed by atoms with Crippen LogP contribution in [-0.4, -0.2) is 9.78 Å².